The lowest BCUT2D eigenvalue weighted by atomic mass is 10.2. The predicted molar refractivity (Wildman–Crippen MR) is 115 cm³/mol. The number of hydrogen-bond acceptors (Lipinski definition) is 7. The Kier molecular flexibility index (Phi) is 6.00. The van der Waals surface area contributed by atoms with Gasteiger partial charge in [0.25, 0.3) is 5.91 Å². The smallest absolute Gasteiger partial charge is 0.255 e. The summed E-state index contributed by atoms with van der Waals surface area (Å²) in [5, 5.41) is 13.7. The predicted octanol–water partition coefficient (Wildman–Crippen LogP) is 1.30. The van der Waals surface area contributed by atoms with Crippen molar-refractivity contribution in [2.24, 2.45) is 0 Å². The van der Waals surface area contributed by atoms with E-state index in [9.17, 15) is 17.6 Å². The van der Waals surface area contributed by atoms with Crippen molar-refractivity contribution in [3.8, 4) is 5.69 Å². The molecule has 3 aromatic rings. The average Bonchev–Trinajstić information content (AvgIpc) is 3.21. The molecule has 32 heavy (non-hydrogen) atoms. The Morgan fingerprint density at radius 3 is 2.53 bits per heavy atom. The topological polar surface area (TPSA) is 113 Å². The van der Waals surface area contributed by atoms with Gasteiger partial charge in [-0.1, -0.05) is 6.07 Å². The van der Waals surface area contributed by atoms with Gasteiger partial charge in [0.15, 0.2) is 5.82 Å². The van der Waals surface area contributed by atoms with Crippen molar-refractivity contribution in [2.75, 3.05) is 38.5 Å². The molecule has 0 radical (unpaired) electrons. The SMILES string of the molecule is Cc1nnnn1-c1ccc(F)c(NC(=O)c2cccc(S(=O)(=O)N3CCN(C)CC3)c2)c1. The van der Waals surface area contributed by atoms with Gasteiger partial charge in [0.1, 0.15) is 5.82 Å². The summed E-state index contributed by atoms with van der Waals surface area (Å²) >= 11 is 0. The van der Waals surface area contributed by atoms with Crippen LogP contribution in [0.25, 0.3) is 5.69 Å². The van der Waals surface area contributed by atoms with Crippen molar-refractivity contribution < 1.29 is 17.6 Å². The first-order valence-corrected chi connectivity index (χ1v) is 11.3. The maximum atomic E-state index is 14.3. The Hall–Kier alpha value is -3.22. The largest absolute Gasteiger partial charge is 0.319 e. The number of aromatic nitrogens is 4. The molecule has 1 aromatic heterocycles. The monoisotopic (exact) mass is 459 g/mol. The van der Waals surface area contributed by atoms with Crippen LogP contribution in [0.4, 0.5) is 10.1 Å². The number of nitrogens with one attached hydrogen (secondary N) is 1. The number of anilines is 1. The Labute approximate surface area is 184 Å². The highest BCUT2D eigenvalue weighted by atomic mass is 32.2. The second kappa shape index (κ2) is 8.73. The molecule has 10 nitrogen and oxygen atoms in total. The van der Waals surface area contributed by atoms with E-state index < -0.39 is 21.7 Å². The number of benzene rings is 2. The van der Waals surface area contributed by atoms with Gasteiger partial charge in [-0.3, -0.25) is 4.79 Å². The van der Waals surface area contributed by atoms with Crippen molar-refractivity contribution in [2.45, 2.75) is 11.8 Å². The van der Waals surface area contributed by atoms with E-state index in [1.54, 1.807) is 6.92 Å². The number of likely N-dealkylation sites (N-methyl/N-ethyl adjacent to an activating group) is 1. The van der Waals surface area contributed by atoms with Crippen molar-refractivity contribution in [3.05, 3.63) is 59.7 Å². The van der Waals surface area contributed by atoms with Crippen LogP contribution in [0.5, 0.6) is 0 Å². The van der Waals surface area contributed by atoms with Crippen LogP contribution < -0.4 is 5.32 Å². The van der Waals surface area contributed by atoms with Gasteiger partial charge in [-0.2, -0.15) is 8.99 Å². The summed E-state index contributed by atoms with van der Waals surface area (Å²) in [6, 6.07) is 9.81. The van der Waals surface area contributed by atoms with Gasteiger partial charge in [0, 0.05) is 31.7 Å². The number of hydrogen-bond donors (Lipinski definition) is 1. The van der Waals surface area contributed by atoms with E-state index in [0.717, 1.165) is 0 Å². The van der Waals surface area contributed by atoms with Gasteiger partial charge in [-0.25, -0.2) is 12.8 Å². The van der Waals surface area contributed by atoms with E-state index in [0.29, 0.717) is 37.7 Å². The van der Waals surface area contributed by atoms with Gasteiger partial charge in [-0.05, 0) is 60.8 Å². The zero-order valence-corrected chi connectivity index (χ0v) is 18.4. The number of halogens is 1. The third-order valence-corrected chi connectivity index (χ3v) is 7.16. The fourth-order valence-corrected chi connectivity index (χ4v) is 4.85. The molecule has 1 aliphatic rings. The zero-order chi connectivity index (χ0) is 22.9. The van der Waals surface area contributed by atoms with Gasteiger partial charge in [0.05, 0.1) is 16.3 Å². The molecule has 0 aliphatic carbocycles. The minimum absolute atomic E-state index is 0.0215. The van der Waals surface area contributed by atoms with Crippen LogP contribution in [0.2, 0.25) is 0 Å². The highest BCUT2D eigenvalue weighted by molar-refractivity contribution is 7.89. The van der Waals surface area contributed by atoms with Crippen molar-refractivity contribution in [1.29, 1.82) is 0 Å². The summed E-state index contributed by atoms with van der Waals surface area (Å²) in [6.45, 7) is 3.72. The van der Waals surface area contributed by atoms with Crippen LogP contribution in [-0.2, 0) is 10.0 Å². The second-order valence-electron chi connectivity index (χ2n) is 7.49. The van der Waals surface area contributed by atoms with E-state index in [1.165, 1.54) is 51.5 Å². The van der Waals surface area contributed by atoms with Crippen molar-refractivity contribution >= 4 is 21.6 Å². The lowest BCUT2D eigenvalue weighted by molar-refractivity contribution is 0.102. The standard InChI is InChI=1S/C20H22FN7O3S/c1-14-23-24-25-28(14)16-6-7-18(21)19(13-16)22-20(29)15-4-3-5-17(12-15)32(30,31)27-10-8-26(2)9-11-27/h3-7,12-13H,8-11H2,1-2H3,(H,22,29). The minimum atomic E-state index is -3.74. The fraction of sp³-hybridized carbons (Fsp3) is 0.300. The molecule has 1 amide bonds. The summed E-state index contributed by atoms with van der Waals surface area (Å²) in [5.41, 5.74) is 0.494. The summed E-state index contributed by atoms with van der Waals surface area (Å²) in [7, 11) is -1.80. The molecule has 2 aromatic carbocycles. The molecule has 0 atom stereocenters. The number of carbonyl (C=O) groups excluding carboxylic acids is 1. The molecule has 12 heteroatoms. The molecule has 1 aliphatic heterocycles. The highest BCUT2D eigenvalue weighted by Crippen LogP contribution is 2.22. The van der Waals surface area contributed by atoms with Crippen molar-refractivity contribution in [3.63, 3.8) is 0 Å². The number of tetrazole rings is 1. The number of amides is 1. The highest BCUT2D eigenvalue weighted by Gasteiger charge is 2.28. The van der Waals surface area contributed by atoms with E-state index in [2.05, 4.69) is 25.7 Å². The number of piperazine rings is 1. The number of sulfonamides is 1. The molecule has 1 N–H and O–H groups in total. The number of carbonyl (C=O) groups is 1. The Balaban J connectivity index is 1.57. The van der Waals surface area contributed by atoms with E-state index >= 15 is 0 Å². The quantitative estimate of drug-likeness (QED) is 0.612. The first-order valence-electron chi connectivity index (χ1n) is 9.91. The van der Waals surface area contributed by atoms with E-state index in [-0.39, 0.29) is 16.1 Å². The summed E-state index contributed by atoms with van der Waals surface area (Å²) in [4.78, 5) is 14.9. The molecular weight excluding hydrogens is 437 g/mol. The molecule has 2 heterocycles. The number of aryl methyl sites for hydroxylation is 1. The maximum Gasteiger partial charge on any atom is 0.255 e. The normalized spacial score (nSPS) is 15.6. The van der Waals surface area contributed by atoms with Crippen molar-refractivity contribution in [1.82, 2.24) is 29.4 Å². The molecule has 1 fully saturated rings. The third kappa shape index (κ3) is 4.38. The summed E-state index contributed by atoms with van der Waals surface area (Å²) in [6.07, 6.45) is 0. The van der Waals surface area contributed by atoms with Crippen LogP contribution in [0.3, 0.4) is 0 Å². The van der Waals surface area contributed by atoms with Gasteiger partial charge >= 0.3 is 0 Å². The molecule has 0 unspecified atom stereocenters. The van der Waals surface area contributed by atoms with Gasteiger partial charge in [-0.15, -0.1) is 5.10 Å². The third-order valence-electron chi connectivity index (χ3n) is 5.26. The molecule has 168 valence electrons. The van der Waals surface area contributed by atoms with E-state index in [4.69, 9.17) is 0 Å². The number of rotatable bonds is 5. The minimum Gasteiger partial charge on any atom is -0.319 e. The molecule has 1 saturated heterocycles. The van der Waals surface area contributed by atoms with E-state index in [1.807, 2.05) is 7.05 Å². The van der Waals surface area contributed by atoms with Gasteiger partial charge in [0.2, 0.25) is 10.0 Å². The zero-order valence-electron chi connectivity index (χ0n) is 17.6. The summed E-state index contributed by atoms with van der Waals surface area (Å²) < 4.78 is 43.1. The maximum absolute atomic E-state index is 14.3. The molecular formula is C20H22FN7O3S. The van der Waals surface area contributed by atoms with Gasteiger partial charge < -0.3 is 10.2 Å². The number of nitrogens with zero attached hydrogens (tertiary/aromatic N) is 6. The Bertz CT molecular complexity index is 1250. The Morgan fingerprint density at radius 2 is 1.84 bits per heavy atom. The molecule has 0 bridgehead atoms. The van der Waals surface area contributed by atoms with Crippen LogP contribution in [0.15, 0.2) is 47.4 Å². The lowest BCUT2D eigenvalue weighted by Crippen LogP contribution is -2.47. The molecule has 4 rings (SSSR count). The van der Waals surface area contributed by atoms with Crippen LogP contribution in [0, 0.1) is 12.7 Å². The first kappa shape index (κ1) is 22.0. The second-order valence-corrected chi connectivity index (χ2v) is 9.43. The molecule has 0 spiro atoms. The lowest BCUT2D eigenvalue weighted by Gasteiger charge is -2.31. The summed E-state index contributed by atoms with van der Waals surface area (Å²) in [5.74, 6) is -0.783. The van der Waals surface area contributed by atoms with Crippen LogP contribution in [0.1, 0.15) is 16.2 Å². The molecule has 0 saturated carbocycles. The fourth-order valence-electron chi connectivity index (χ4n) is 3.38. The van der Waals surface area contributed by atoms with Crippen LogP contribution >= 0.6 is 0 Å². The first-order chi connectivity index (χ1) is 15.3. The average molecular weight is 460 g/mol. The Morgan fingerprint density at radius 1 is 1.09 bits per heavy atom. The van der Waals surface area contributed by atoms with Crippen LogP contribution in [-0.4, -0.2) is 77.0 Å².